The fourth-order valence-corrected chi connectivity index (χ4v) is 2.52. The van der Waals surface area contributed by atoms with E-state index >= 15 is 0 Å². The lowest BCUT2D eigenvalue weighted by Crippen LogP contribution is -2.53. The summed E-state index contributed by atoms with van der Waals surface area (Å²) in [6.45, 7) is 10.4. The van der Waals surface area contributed by atoms with Crippen LogP contribution in [0.3, 0.4) is 0 Å². The van der Waals surface area contributed by atoms with E-state index in [1.807, 2.05) is 0 Å². The van der Waals surface area contributed by atoms with E-state index in [1.165, 1.54) is 0 Å². The first-order valence-electron chi connectivity index (χ1n) is 7.64. The smallest absolute Gasteiger partial charge is 0.234 e. The maximum Gasteiger partial charge on any atom is 0.234 e. The molecule has 0 radical (unpaired) electrons. The molecule has 3 N–H and O–H groups in total. The van der Waals surface area contributed by atoms with Crippen molar-refractivity contribution >= 4 is 5.91 Å². The highest BCUT2D eigenvalue weighted by atomic mass is 16.2. The molecular weight excluding hydrogens is 240 g/mol. The molecule has 0 aromatic heterocycles. The normalized spacial score (nSPS) is 19.3. The topological polar surface area (TPSA) is 61.6 Å². The summed E-state index contributed by atoms with van der Waals surface area (Å²) in [5.41, 5.74) is 5.78. The Hall–Kier alpha value is -0.650. The highest BCUT2D eigenvalue weighted by Gasteiger charge is 2.22. The zero-order chi connectivity index (χ0) is 14.1. The molecule has 1 unspecified atom stereocenters. The SMILES string of the molecule is CCCCNC(=O)CN1CCN(C(CC)CN)CC1. The third kappa shape index (κ3) is 5.89. The Labute approximate surface area is 117 Å². The van der Waals surface area contributed by atoms with Gasteiger partial charge < -0.3 is 11.1 Å². The van der Waals surface area contributed by atoms with Gasteiger partial charge in [0.2, 0.25) is 5.91 Å². The van der Waals surface area contributed by atoms with Gasteiger partial charge in [-0.3, -0.25) is 14.6 Å². The standard InChI is InChI=1S/C14H30N4O/c1-3-5-6-16-14(19)12-17-7-9-18(10-8-17)13(4-2)11-15/h13H,3-12,15H2,1-2H3,(H,16,19). The van der Waals surface area contributed by atoms with Crippen LogP contribution < -0.4 is 11.1 Å². The molecule has 1 aliphatic rings. The van der Waals surface area contributed by atoms with Crippen LogP contribution in [0.25, 0.3) is 0 Å². The Morgan fingerprint density at radius 3 is 2.47 bits per heavy atom. The molecule has 5 heteroatoms. The number of carbonyl (C=O) groups excluding carboxylic acids is 1. The van der Waals surface area contributed by atoms with Crippen molar-refractivity contribution in [3.8, 4) is 0 Å². The lowest BCUT2D eigenvalue weighted by Gasteiger charge is -2.38. The van der Waals surface area contributed by atoms with E-state index < -0.39 is 0 Å². The fourth-order valence-electron chi connectivity index (χ4n) is 2.52. The van der Waals surface area contributed by atoms with Crippen molar-refractivity contribution in [2.75, 3.05) is 45.8 Å². The summed E-state index contributed by atoms with van der Waals surface area (Å²) < 4.78 is 0. The third-order valence-electron chi connectivity index (χ3n) is 3.89. The van der Waals surface area contributed by atoms with Crippen LogP contribution in [0, 0.1) is 0 Å². The second-order valence-corrected chi connectivity index (χ2v) is 5.31. The maximum atomic E-state index is 11.7. The molecule has 1 saturated heterocycles. The van der Waals surface area contributed by atoms with Gasteiger partial charge in [0.05, 0.1) is 6.54 Å². The molecule has 0 bridgehead atoms. The first-order chi connectivity index (χ1) is 9.21. The number of nitrogens with one attached hydrogen (secondary N) is 1. The minimum absolute atomic E-state index is 0.160. The zero-order valence-electron chi connectivity index (χ0n) is 12.5. The van der Waals surface area contributed by atoms with Crippen LogP contribution in [-0.2, 0) is 4.79 Å². The van der Waals surface area contributed by atoms with Crippen LogP contribution in [0.5, 0.6) is 0 Å². The Bertz CT molecular complexity index is 248. The van der Waals surface area contributed by atoms with Gasteiger partial charge in [0, 0.05) is 45.3 Å². The fraction of sp³-hybridized carbons (Fsp3) is 0.929. The predicted molar refractivity (Wildman–Crippen MR) is 79.1 cm³/mol. The van der Waals surface area contributed by atoms with Gasteiger partial charge in [-0.25, -0.2) is 0 Å². The molecule has 0 aliphatic carbocycles. The summed E-state index contributed by atoms with van der Waals surface area (Å²) in [6.07, 6.45) is 3.29. The van der Waals surface area contributed by atoms with Gasteiger partial charge in [-0.1, -0.05) is 20.3 Å². The van der Waals surface area contributed by atoms with E-state index in [0.29, 0.717) is 12.6 Å². The number of piperazine rings is 1. The van der Waals surface area contributed by atoms with E-state index in [9.17, 15) is 4.79 Å². The molecule has 1 atom stereocenters. The first-order valence-corrected chi connectivity index (χ1v) is 7.64. The predicted octanol–water partition coefficient (Wildman–Crippen LogP) is 0.258. The number of carbonyl (C=O) groups is 1. The average molecular weight is 270 g/mol. The van der Waals surface area contributed by atoms with E-state index in [4.69, 9.17) is 5.73 Å². The lowest BCUT2D eigenvalue weighted by molar-refractivity contribution is -0.122. The molecule has 19 heavy (non-hydrogen) atoms. The highest BCUT2D eigenvalue weighted by molar-refractivity contribution is 5.77. The maximum absolute atomic E-state index is 11.7. The molecule has 0 aromatic carbocycles. The van der Waals surface area contributed by atoms with Crippen molar-refractivity contribution in [1.29, 1.82) is 0 Å². The van der Waals surface area contributed by atoms with E-state index in [2.05, 4.69) is 29.0 Å². The molecule has 112 valence electrons. The van der Waals surface area contributed by atoms with Gasteiger partial charge in [0.25, 0.3) is 0 Å². The summed E-state index contributed by atoms with van der Waals surface area (Å²) in [5, 5.41) is 2.97. The van der Waals surface area contributed by atoms with Crippen LogP contribution in [0.2, 0.25) is 0 Å². The van der Waals surface area contributed by atoms with Gasteiger partial charge in [-0.05, 0) is 12.8 Å². The Morgan fingerprint density at radius 1 is 1.26 bits per heavy atom. The molecule has 1 aliphatic heterocycles. The molecule has 1 fully saturated rings. The number of unbranched alkanes of at least 4 members (excludes halogenated alkanes) is 1. The van der Waals surface area contributed by atoms with Gasteiger partial charge in [0.1, 0.15) is 0 Å². The summed E-state index contributed by atoms with van der Waals surface area (Å²) in [7, 11) is 0. The highest BCUT2D eigenvalue weighted by Crippen LogP contribution is 2.08. The first kappa shape index (κ1) is 16.4. The van der Waals surface area contributed by atoms with Gasteiger partial charge in [-0.2, -0.15) is 0 Å². The molecule has 1 heterocycles. The average Bonchev–Trinajstić information content (AvgIpc) is 2.42. The van der Waals surface area contributed by atoms with E-state index in [1.54, 1.807) is 0 Å². The third-order valence-corrected chi connectivity index (χ3v) is 3.89. The second-order valence-electron chi connectivity index (χ2n) is 5.31. The van der Waals surface area contributed by atoms with Gasteiger partial charge in [0.15, 0.2) is 0 Å². The van der Waals surface area contributed by atoms with Crippen LogP contribution in [0.4, 0.5) is 0 Å². The van der Waals surface area contributed by atoms with Crippen molar-refractivity contribution in [2.24, 2.45) is 5.73 Å². The van der Waals surface area contributed by atoms with Crippen molar-refractivity contribution < 1.29 is 4.79 Å². The van der Waals surface area contributed by atoms with Gasteiger partial charge in [-0.15, -0.1) is 0 Å². The number of rotatable bonds is 8. The number of hydrogen-bond donors (Lipinski definition) is 2. The van der Waals surface area contributed by atoms with Crippen molar-refractivity contribution in [3.05, 3.63) is 0 Å². The molecular formula is C14H30N4O. The Morgan fingerprint density at radius 2 is 1.95 bits per heavy atom. The molecule has 1 amide bonds. The summed E-state index contributed by atoms with van der Waals surface area (Å²) in [6, 6.07) is 0.500. The number of nitrogens with two attached hydrogens (primary N) is 1. The number of nitrogens with zero attached hydrogens (tertiary/aromatic N) is 2. The molecule has 0 spiro atoms. The summed E-state index contributed by atoms with van der Waals surface area (Å²) >= 11 is 0. The number of amides is 1. The quantitative estimate of drug-likeness (QED) is 0.621. The summed E-state index contributed by atoms with van der Waals surface area (Å²) in [4.78, 5) is 16.4. The Balaban J connectivity index is 2.20. The van der Waals surface area contributed by atoms with Crippen LogP contribution >= 0.6 is 0 Å². The van der Waals surface area contributed by atoms with E-state index in [0.717, 1.165) is 58.5 Å². The molecule has 5 nitrogen and oxygen atoms in total. The van der Waals surface area contributed by atoms with E-state index in [-0.39, 0.29) is 5.91 Å². The summed E-state index contributed by atoms with van der Waals surface area (Å²) in [5.74, 6) is 0.160. The largest absolute Gasteiger partial charge is 0.355 e. The minimum Gasteiger partial charge on any atom is -0.355 e. The van der Waals surface area contributed by atoms with Crippen molar-refractivity contribution in [3.63, 3.8) is 0 Å². The molecule has 0 saturated carbocycles. The molecule has 0 aromatic rings. The second kappa shape index (κ2) is 9.28. The van der Waals surface area contributed by atoms with Crippen LogP contribution in [0.15, 0.2) is 0 Å². The van der Waals surface area contributed by atoms with Crippen molar-refractivity contribution in [2.45, 2.75) is 39.2 Å². The monoisotopic (exact) mass is 270 g/mol. The van der Waals surface area contributed by atoms with Gasteiger partial charge >= 0.3 is 0 Å². The zero-order valence-corrected chi connectivity index (χ0v) is 12.5. The Kier molecular flexibility index (Phi) is 8.02. The number of hydrogen-bond acceptors (Lipinski definition) is 4. The minimum atomic E-state index is 0.160. The lowest BCUT2D eigenvalue weighted by atomic mass is 10.1. The van der Waals surface area contributed by atoms with Crippen molar-refractivity contribution in [1.82, 2.24) is 15.1 Å². The van der Waals surface area contributed by atoms with Crippen LogP contribution in [-0.4, -0.2) is 67.6 Å². The molecule has 1 rings (SSSR count). The van der Waals surface area contributed by atoms with Crippen LogP contribution in [0.1, 0.15) is 33.1 Å².